The topological polar surface area (TPSA) is 27.7 Å². The Morgan fingerprint density at radius 3 is 2.43 bits per heavy atom. The molecular formula is C18H20O3. The molecule has 0 N–H and O–H groups in total. The molecule has 0 spiro atoms. The van der Waals surface area contributed by atoms with Gasteiger partial charge in [0.2, 0.25) is 0 Å². The predicted molar refractivity (Wildman–Crippen MR) is 81.2 cm³/mol. The Morgan fingerprint density at radius 2 is 1.76 bits per heavy atom. The summed E-state index contributed by atoms with van der Waals surface area (Å²) in [4.78, 5) is 0. The maximum absolute atomic E-state index is 5.84. The molecule has 21 heavy (non-hydrogen) atoms. The molecule has 0 amide bonds. The third kappa shape index (κ3) is 3.09. The third-order valence-corrected chi connectivity index (χ3v) is 3.77. The first-order valence-electron chi connectivity index (χ1n) is 7.23. The number of benzene rings is 2. The zero-order chi connectivity index (χ0) is 14.7. The SMILES string of the molecule is Cc1cc(OCc2ccccc2)ccc1C1(C)OCCO1. The summed E-state index contributed by atoms with van der Waals surface area (Å²) in [5.74, 6) is 0.240. The third-order valence-electron chi connectivity index (χ3n) is 3.77. The lowest BCUT2D eigenvalue weighted by Gasteiger charge is -2.25. The molecule has 2 aromatic carbocycles. The van der Waals surface area contributed by atoms with Gasteiger partial charge in [0, 0.05) is 5.56 Å². The van der Waals surface area contributed by atoms with Gasteiger partial charge in [0.1, 0.15) is 12.4 Å². The molecule has 1 aliphatic rings. The second-order valence-corrected chi connectivity index (χ2v) is 5.39. The van der Waals surface area contributed by atoms with Crippen LogP contribution in [0.1, 0.15) is 23.6 Å². The summed E-state index contributed by atoms with van der Waals surface area (Å²) in [6.07, 6.45) is 0. The van der Waals surface area contributed by atoms with Gasteiger partial charge in [-0.3, -0.25) is 0 Å². The lowest BCUT2D eigenvalue weighted by molar-refractivity contribution is -0.150. The molecule has 3 rings (SSSR count). The van der Waals surface area contributed by atoms with Gasteiger partial charge >= 0.3 is 0 Å². The molecule has 110 valence electrons. The summed E-state index contributed by atoms with van der Waals surface area (Å²) >= 11 is 0. The monoisotopic (exact) mass is 284 g/mol. The highest BCUT2D eigenvalue weighted by Crippen LogP contribution is 2.34. The minimum atomic E-state index is -0.623. The number of hydrogen-bond donors (Lipinski definition) is 0. The van der Waals surface area contributed by atoms with E-state index in [4.69, 9.17) is 14.2 Å². The zero-order valence-corrected chi connectivity index (χ0v) is 12.5. The van der Waals surface area contributed by atoms with E-state index in [1.54, 1.807) is 0 Å². The van der Waals surface area contributed by atoms with E-state index < -0.39 is 5.79 Å². The summed E-state index contributed by atoms with van der Waals surface area (Å²) < 4.78 is 17.3. The maximum Gasteiger partial charge on any atom is 0.192 e. The molecule has 1 saturated heterocycles. The van der Waals surface area contributed by atoms with E-state index >= 15 is 0 Å². The van der Waals surface area contributed by atoms with Gasteiger partial charge in [0.25, 0.3) is 0 Å². The Kier molecular flexibility index (Phi) is 3.95. The maximum atomic E-state index is 5.84. The first-order chi connectivity index (χ1) is 10.2. The molecule has 1 fully saturated rings. The predicted octanol–water partition coefficient (Wildman–Crippen LogP) is 3.79. The van der Waals surface area contributed by atoms with Gasteiger partial charge in [-0.2, -0.15) is 0 Å². The Balaban J connectivity index is 1.72. The minimum absolute atomic E-state index is 0.573. The van der Waals surface area contributed by atoms with Crippen molar-refractivity contribution in [3.63, 3.8) is 0 Å². The molecule has 3 heteroatoms. The largest absolute Gasteiger partial charge is 0.489 e. The van der Waals surface area contributed by atoms with E-state index in [0.29, 0.717) is 19.8 Å². The average molecular weight is 284 g/mol. The molecule has 0 radical (unpaired) electrons. The summed E-state index contributed by atoms with van der Waals surface area (Å²) in [5, 5.41) is 0. The highest BCUT2D eigenvalue weighted by molar-refractivity contribution is 5.37. The van der Waals surface area contributed by atoms with E-state index in [0.717, 1.165) is 22.4 Å². The average Bonchev–Trinajstić information content (AvgIpc) is 2.94. The van der Waals surface area contributed by atoms with Crippen LogP contribution in [-0.2, 0) is 21.9 Å². The smallest absolute Gasteiger partial charge is 0.192 e. The fourth-order valence-electron chi connectivity index (χ4n) is 2.65. The van der Waals surface area contributed by atoms with Crippen molar-refractivity contribution < 1.29 is 14.2 Å². The van der Waals surface area contributed by atoms with Crippen molar-refractivity contribution in [2.24, 2.45) is 0 Å². The fourth-order valence-corrected chi connectivity index (χ4v) is 2.65. The number of aryl methyl sites for hydroxylation is 1. The second-order valence-electron chi connectivity index (χ2n) is 5.39. The van der Waals surface area contributed by atoms with Crippen molar-refractivity contribution in [3.05, 3.63) is 65.2 Å². The molecule has 0 aliphatic carbocycles. The molecule has 2 aromatic rings. The van der Waals surface area contributed by atoms with Gasteiger partial charge in [-0.1, -0.05) is 30.3 Å². The first-order valence-corrected chi connectivity index (χ1v) is 7.23. The Bertz CT molecular complexity index is 601. The standard InChI is InChI=1S/C18H20O3/c1-14-12-16(19-13-15-6-4-3-5-7-15)8-9-17(14)18(2)20-10-11-21-18/h3-9,12H,10-11,13H2,1-2H3. The van der Waals surface area contributed by atoms with Crippen molar-refractivity contribution in [3.8, 4) is 5.75 Å². The van der Waals surface area contributed by atoms with Gasteiger partial charge in [0.05, 0.1) is 13.2 Å². The molecule has 0 unspecified atom stereocenters. The lowest BCUT2D eigenvalue weighted by atomic mass is 10.0. The molecule has 0 bridgehead atoms. The van der Waals surface area contributed by atoms with Crippen LogP contribution in [0.25, 0.3) is 0 Å². The van der Waals surface area contributed by atoms with Crippen LogP contribution < -0.4 is 4.74 Å². The van der Waals surface area contributed by atoms with Gasteiger partial charge in [0.15, 0.2) is 5.79 Å². The molecule has 3 nitrogen and oxygen atoms in total. The number of hydrogen-bond acceptors (Lipinski definition) is 3. The summed E-state index contributed by atoms with van der Waals surface area (Å²) in [6.45, 7) is 5.88. The van der Waals surface area contributed by atoms with Crippen LogP contribution in [0.3, 0.4) is 0 Å². The first kappa shape index (κ1) is 14.1. The van der Waals surface area contributed by atoms with Crippen molar-refractivity contribution >= 4 is 0 Å². The Morgan fingerprint density at radius 1 is 1.05 bits per heavy atom. The van der Waals surface area contributed by atoms with Crippen LogP contribution in [0.4, 0.5) is 0 Å². The van der Waals surface area contributed by atoms with Crippen molar-refractivity contribution in [2.75, 3.05) is 13.2 Å². The van der Waals surface area contributed by atoms with Gasteiger partial charge in [-0.15, -0.1) is 0 Å². The van der Waals surface area contributed by atoms with Crippen LogP contribution in [0.15, 0.2) is 48.5 Å². The van der Waals surface area contributed by atoms with Gasteiger partial charge in [-0.25, -0.2) is 0 Å². The van der Waals surface area contributed by atoms with Crippen molar-refractivity contribution in [1.29, 1.82) is 0 Å². The highest BCUT2D eigenvalue weighted by Gasteiger charge is 2.34. The Hall–Kier alpha value is -1.84. The summed E-state index contributed by atoms with van der Waals surface area (Å²) in [5.41, 5.74) is 3.34. The lowest BCUT2D eigenvalue weighted by Crippen LogP contribution is -2.23. The minimum Gasteiger partial charge on any atom is -0.489 e. The van der Waals surface area contributed by atoms with Crippen LogP contribution in [0, 0.1) is 6.92 Å². The molecule has 0 atom stereocenters. The molecular weight excluding hydrogens is 264 g/mol. The van der Waals surface area contributed by atoms with E-state index in [1.807, 2.05) is 43.3 Å². The zero-order valence-electron chi connectivity index (χ0n) is 12.5. The van der Waals surface area contributed by atoms with E-state index in [1.165, 1.54) is 0 Å². The molecule has 0 aromatic heterocycles. The van der Waals surface area contributed by atoms with Gasteiger partial charge in [-0.05, 0) is 43.2 Å². The second kappa shape index (κ2) is 5.88. The quantitative estimate of drug-likeness (QED) is 0.855. The number of ether oxygens (including phenoxy) is 3. The van der Waals surface area contributed by atoms with E-state index in [2.05, 4.69) is 19.1 Å². The molecule has 1 aliphatic heterocycles. The summed E-state index contributed by atoms with van der Waals surface area (Å²) in [6, 6.07) is 16.2. The van der Waals surface area contributed by atoms with Crippen molar-refractivity contribution in [2.45, 2.75) is 26.2 Å². The molecule has 0 saturated carbocycles. The highest BCUT2D eigenvalue weighted by atomic mass is 16.7. The summed E-state index contributed by atoms with van der Waals surface area (Å²) in [7, 11) is 0. The van der Waals surface area contributed by atoms with Crippen LogP contribution in [-0.4, -0.2) is 13.2 Å². The molecule has 1 heterocycles. The fraction of sp³-hybridized carbons (Fsp3) is 0.333. The van der Waals surface area contributed by atoms with E-state index in [9.17, 15) is 0 Å². The Labute approximate surface area is 125 Å². The van der Waals surface area contributed by atoms with Crippen molar-refractivity contribution in [1.82, 2.24) is 0 Å². The normalized spacial score (nSPS) is 16.9. The number of rotatable bonds is 4. The van der Waals surface area contributed by atoms with Crippen LogP contribution >= 0.6 is 0 Å². The van der Waals surface area contributed by atoms with Gasteiger partial charge < -0.3 is 14.2 Å². The van der Waals surface area contributed by atoms with Crippen LogP contribution in [0.2, 0.25) is 0 Å². The van der Waals surface area contributed by atoms with E-state index in [-0.39, 0.29) is 0 Å². The van der Waals surface area contributed by atoms with Crippen LogP contribution in [0.5, 0.6) is 5.75 Å².